The van der Waals surface area contributed by atoms with E-state index in [-0.39, 0.29) is 11.9 Å². The highest BCUT2D eigenvalue weighted by Crippen LogP contribution is 2.23. The summed E-state index contributed by atoms with van der Waals surface area (Å²) in [6.07, 6.45) is 2.31. The summed E-state index contributed by atoms with van der Waals surface area (Å²) < 4.78 is 18.8. The third-order valence-corrected chi connectivity index (χ3v) is 4.70. The Hall–Kier alpha value is -1.66. The lowest BCUT2D eigenvalue weighted by molar-refractivity contribution is 0.0179. The van der Waals surface area contributed by atoms with Gasteiger partial charge in [0, 0.05) is 33.2 Å². The van der Waals surface area contributed by atoms with Gasteiger partial charge in [0.25, 0.3) is 0 Å². The fourth-order valence-corrected chi connectivity index (χ4v) is 3.15. The van der Waals surface area contributed by atoms with Crippen LogP contribution in [0.2, 0.25) is 0 Å². The van der Waals surface area contributed by atoms with E-state index >= 15 is 0 Å². The van der Waals surface area contributed by atoms with E-state index < -0.39 is 0 Å². The molecule has 1 atom stereocenters. The molecule has 1 unspecified atom stereocenters. The number of morpholine rings is 1. The topological polar surface area (TPSA) is 40.1 Å². The maximum Gasteiger partial charge on any atom is 0.193 e. The average molecular weight is 365 g/mol. The number of benzene rings is 1. The minimum atomic E-state index is -0.203. The Bertz CT molecular complexity index is 543. The molecule has 146 valence electrons. The highest BCUT2D eigenvalue weighted by Gasteiger charge is 2.23. The maximum atomic E-state index is 13.4. The van der Waals surface area contributed by atoms with Gasteiger partial charge in [-0.25, -0.2) is 4.39 Å². The molecule has 1 heterocycles. The second-order valence-electron chi connectivity index (χ2n) is 6.69. The third kappa shape index (κ3) is 6.25. The molecule has 0 aliphatic carbocycles. The number of rotatable bonds is 8. The summed E-state index contributed by atoms with van der Waals surface area (Å²) in [4.78, 5) is 9.47. The number of aliphatic imine (C=N–C) groups is 1. The Morgan fingerprint density at radius 3 is 2.58 bits per heavy atom. The van der Waals surface area contributed by atoms with Crippen molar-refractivity contribution in [2.45, 2.75) is 32.7 Å². The first-order chi connectivity index (χ1) is 12.7. The third-order valence-electron chi connectivity index (χ3n) is 4.70. The highest BCUT2D eigenvalue weighted by molar-refractivity contribution is 5.79. The van der Waals surface area contributed by atoms with Gasteiger partial charge in [0.15, 0.2) is 5.96 Å². The van der Waals surface area contributed by atoms with Crippen LogP contribution in [0.25, 0.3) is 0 Å². The summed E-state index contributed by atoms with van der Waals surface area (Å²) in [6, 6.07) is 6.95. The minimum Gasteiger partial charge on any atom is -0.379 e. The summed E-state index contributed by atoms with van der Waals surface area (Å²) in [6.45, 7) is 9.97. The first kappa shape index (κ1) is 20.6. The van der Waals surface area contributed by atoms with Gasteiger partial charge in [-0.2, -0.15) is 0 Å². The van der Waals surface area contributed by atoms with Crippen LogP contribution in [0, 0.1) is 5.82 Å². The molecule has 1 aromatic rings. The molecule has 6 heteroatoms. The van der Waals surface area contributed by atoms with Gasteiger partial charge in [0.05, 0.1) is 25.8 Å². The molecule has 1 fully saturated rings. The van der Waals surface area contributed by atoms with E-state index in [9.17, 15) is 4.39 Å². The van der Waals surface area contributed by atoms with E-state index in [1.165, 1.54) is 12.1 Å². The van der Waals surface area contributed by atoms with Crippen LogP contribution in [-0.4, -0.2) is 68.7 Å². The van der Waals surface area contributed by atoms with Gasteiger partial charge < -0.3 is 15.0 Å². The number of hydrogen-bond acceptors (Lipinski definition) is 3. The summed E-state index contributed by atoms with van der Waals surface area (Å²) in [5, 5.41) is 3.38. The molecular formula is C20H33FN4O. The Kier molecular flexibility index (Phi) is 8.85. The molecule has 1 aliphatic heterocycles. The van der Waals surface area contributed by atoms with E-state index in [1.807, 2.05) is 12.1 Å². The Morgan fingerprint density at radius 2 is 1.96 bits per heavy atom. The summed E-state index contributed by atoms with van der Waals surface area (Å²) in [5.41, 5.74) is 1.10. The zero-order valence-electron chi connectivity index (χ0n) is 16.4. The van der Waals surface area contributed by atoms with Crippen LogP contribution in [0.1, 0.15) is 38.3 Å². The van der Waals surface area contributed by atoms with E-state index in [4.69, 9.17) is 9.73 Å². The molecule has 0 saturated carbocycles. The lowest BCUT2D eigenvalue weighted by Gasteiger charge is -2.34. The molecule has 26 heavy (non-hydrogen) atoms. The Labute approximate surface area is 157 Å². The molecule has 0 spiro atoms. The summed E-state index contributed by atoms with van der Waals surface area (Å²) >= 11 is 0. The van der Waals surface area contributed by atoms with Crippen molar-refractivity contribution in [2.75, 3.05) is 53.0 Å². The number of halogens is 1. The lowest BCUT2D eigenvalue weighted by atomic mass is 10.0. The number of nitrogens with one attached hydrogen (secondary N) is 1. The largest absolute Gasteiger partial charge is 0.379 e. The first-order valence-electron chi connectivity index (χ1n) is 9.72. The second kappa shape index (κ2) is 11.1. The Balaban J connectivity index is 2.16. The molecule has 1 saturated heterocycles. The van der Waals surface area contributed by atoms with Gasteiger partial charge in [0.1, 0.15) is 5.82 Å². The van der Waals surface area contributed by atoms with Crippen molar-refractivity contribution in [2.24, 2.45) is 4.99 Å². The van der Waals surface area contributed by atoms with Gasteiger partial charge in [0.2, 0.25) is 0 Å². The summed E-state index contributed by atoms with van der Waals surface area (Å²) in [7, 11) is 2.08. The van der Waals surface area contributed by atoms with Gasteiger partial charge in [-0.05, 0) is 31.0 Å². The maximum absolute atomic E-state index is 13.4. The van der Waals surface area contributed by atoms with Crippen LogP contribution in [0.4, 0.5) is 4.39 Å². The van der Waals surface area contributed by atoms with Gasteiger partial charge in [-0.1, -0.05) is 25.5 Å². The van der Waals surface area contributed by atoms with Crippen molar-refractivity contribution in [3.8, 4) is 0 Å². The molecule has 5 nitrogen and oxygen atoms in total. The van der Waals surface area contributed by atoms with Gasteiger partial charge in [-0.15, -0.1) is 0 Å². The molecule has 0 aromatic heterocycles. The van der Waals surface area contributed by atoms with E-state index in [0.717, 1.165) is 63.8 Å². The molecule has 1 N–H and O–H groups in total. The van der Waals surface area contributed by atoms with Crippen LogP contribution in [0.3, 0.4) is 0 Å². The van der Waals surface area contributed by atoms with Crippen molar-refractivity contribution < 1.29 is 9.13 Å². The Morgan fingerprint density at radius 1 is 1.27 bits per heavy atom. The van der Waals surface area contributed by atoms with Crippen molar-refractivity contribution >= 4 is 5.96 Å². The van der Waals surface area contributed by atoms with Crippen LogP contribution in [0.15, 0.2) is 29.3 Å². The van der Waals surface area contributed by atoms with Crippen molar-refractivity contribution in [1.29, 1.82) is 0 Å². The van der Waals surface area contributed by atoms with E-state index in [1.54, 1.807) is 0 Å². The number of unbranched alkanes of at least 4 members (excludes halogenated alkanes) is 1. The van der Waals surface area contributed by atoms with Crippen LogP contribution in [0.5, 0.6) is 0 Å². The minimum absolute atomic E-state index is 0.132. The smallest absolute Gasteiger partial charge is 0.193 e. The van der Waals surface area contributed by atoms with Crippen LogP contribution < -0.4 is 5.32 Å². The predicted octanol–water partition coefficient (Wildman–Crippen LogP) is 2.90. The molecule has 0 amide bonds. The van der Waals surface area contributed by atoms with Crippen LogP contribution in [-0.2, 0) is 4.74 Å². The first-order valence-corrected chi connectivity index (χ1v) is 9.72. The normalized spacial score (nSPS) is 17.2. The zero-order chi connectivity index (χ0) is 18.8. The standard InChI is InChI=1S/C20H33FN4O/c1-4-6-11-24(3)20(22-5-2)23-16-19(25-12-14-26-15-13-25)17-7-9-18(21)10-8-17/h7-10,19H,4-6,11-16H2,1-3H3,(H,22,23). The molecular weight excluding hydrogens is 331 g/mol. The second-order valence-corrected chi connectivity index (χ2v) is 6.69. The number of ether oxygens (including phenoxy) is 1. The predicted molar refractivity (Wildman–Crippen MR) is 105 cm³/mol. The number of guanidine groups is 1. The monoisotopic (exact) mass is 364 g/mol. The summed E-state index contributed by atoms with van der Waals surface area (Å²) in [5.74, 6) is 0.729. The van der Waals surface area contributed by atoms with Gasteiger partial charge >= 0.3 is 0 Å². The fraction of sp³-hybridized carbons (Fsp3) is 0.650. The number of nitrogens with zero attached hydrogens (tertiary/aromatic N) is 3. The van der Waals surface area contributed by atoms with Crippen molar-refractivity contribution in [3.05, 3.63) is 35.6 Å². The molecule has 0 radical (unpaired) electrons. The highest BCUT2D eigenvalue weighted by atomic mass is 19.1. The van der Waals surface area contributed by atoms with Gasteiger partial charge in [-0.3, -0.25) is 9.89 Å². The SMILES string of the molecule is CCCCN(C)C(=NCC(c1ccc(F)cc1)N1CCOCC1)NCC. The van der Waals surface area contributed by atoms with Crippen molar-refractivity contribution in [3.63, 3.8) is 0 Å². The fourth-order valence-electron chi connectivity index (χ4n) is 3.15. The lowest BCUT2D eigenvalue weighted by Crippen LogP contribution is -2.42. The van der Waals surface area contributed by atoms with E-state index in [2.05, 4.69) is 36.0 Å². The van der Waals surface area contributed by atoms with Crippen molar-refractivity contribution in [1.82, 2.24) is 15.1 Å². The molecule has 0 bridgehead atoms. The quantitative estimate of drug-likeness (QED) is 0.569. The van der Waals surface area contributed by atoms with E-state index in [0.29, 0.717) is 6.54 Å². The molecule has 1 aliphatic rings. The molecule has 1 aromatic carbocycles. The zero-order valence-corrected chi connectivity index (χ0v) is 16.4. The molecule has 2 rings (SSSR count). The average Bonchev–Trinajstić information content (AvgIpc) is 2.67. The van der Waals surface area contributed by atoms with Crippen LogP contribution >= 0.6 is 0 Å². The number of hydrogen-bond donors (Lipinski definition) is 1.